The number of nitrogens with one attached hydrogen (secondary N) is 4. The fourth-order valence-electron chi connectivity index (χ4n) is 4.01. The topological polar surface area (TPSA) is 189 Å². The van der Waals surface area contributed by atoms with Crippen LogP contribution in [0.3, 0.4) is 0 Å². The molecule has 0 aliphatic carbocycles. The highest BCUT2D eigenvalue weighted by atomic mass is 32.3. The molecule has 0 saturated carbocycles. The minimum atomic E-state index is -3.98. The molecule has 0 fully saturated rings. The van der Waals surface area contributed by atoms with E-state index in [4.69, 9.17) is 9.32 Å². The van der Waals surface area contributed by atoms with Gasteiger partial charge in [0.15, 0.2) is 11.2 Å². The van der Waals surface area contributed by atoms with Gasteiger partial charge >= 0.3 is 0 Å². The zero-order chi connectivity index (χ0) is 32.3. The Kier molecular flexibility index (Phi) is 37.1. The molecule has 0 aliphatic heterocycles. The van der Waals surface area contributed by atoms with Gasteiger partial charge in [-0.1, -0.05) is 63.8 Å². The highest BCUT2D eigenvalue weighted by Crippen LogP contribution is 2.09. The predicted octanol–water partition coefficient (Wildman–Crippen LogP) is 2.84. The Balaban J connectivity index is -0.000000840. The Morgan fingerprint density at radius 1 is 0.638 bits per heavy atom. The number of hydrogen-bond donors (Lipinski definition) is 5. The van der Waals surface area contributed by atoms with E-state index in [-0.39, 0.29) is 55.3 Å². The number of aliphatic hydroxyl groups excluding tert-OH is 1. The smallest absolute Gasteiger partial charge is 0.227 e. The number of quaternary nitrogens is 2. The van der Waals surface area contributed by atoms with Crippen molar-refractivity contribution in [2.75, 3.05) is 90.7 Å². The molecule has 47 heavy (non-hydrogen) atoms. The van der Waals surface area contributed by atoms with Crippen molar-refractivity contribution in [3.05, 3.63) is 0 Å². The molecule has 15 nitrogen and oxygen atoms in total. The number of hydroxylamine groups is 1. The van der Waals surface area contributed by atoms with E-state index in [1.54, 1.807) is 0 Å². The van der Waals surface area contributed by atoms with Crippen LogP contribution in [0.2, 0.25) is 0 Å². The second-order valence-electron chi connectivity index (χ2n) is 11.7. The van der Waals surface area contributed by atoms with E-state index >= 15 is 0 Å². The molecule has 0 aliphatic rings. The quantitative estimate of drug-likeness (QED) is 0.0259. The van der Waals surface area contributed by atoms with Gasteiger partial charge in [-0.3, -0.25) is 0 Å². The van der Waals surface area contributed by atoms with Gasteiger partial charge in [0.25, 0.3) is 0 Å². The zero-order valence-corrected chi connectivity index (χ0v) is 29.4. The average Bonchev–Trinajstić information content (AvgIpc) is 2.82. The number of likely N-dealkylation sites (N-methyl/N-ethyl adjacent to an activating group) is 2. The largest absolute Gasteiger partial charge is 0.382 e. The summed E-state index contributed by atoms with van der Waals surface area (Å²) in [4.78, 5) is 4.81. The summed E-state index contributed by atoms with van der Waals surface area (Å²) in [6.07, 6.45) is 3.70. The molecular formula is C28H76N6O9S4+2. The molecule has 19 heteroatoms. The lowest BCUT2D eigenvalue weighted by molar-refractivity contribution is -0.914. The van der Waals surface area contributed by atoms with Crippen LogP contribution in [-0.2, 0) is 39.4 Å². The molecule has 5 N–H and O–H groups in total. The fourth-order valence-corrected chi connectivity index (χ4v) is 8.77. The van der Waals surface area contributed by atoms with E-state index in [0.29, 0.717) is 73.0 Å². The van der Waals surface area contributed by atoms with Crippen molar-refractivity contribution < 1.29 is 48.6 Å². The predicted molar refractivity (Wildman–Crippen MR) is 201 cm³/mol. The number of nitrogens with zero attached hydrogens (tertiary/aromatic N) is 2. The molecule has 0 aromatic heterocycles. The summed E-state index contributed by atoms with van der Waals surface area (Å²) in [5.74, 6) is 0. The third-order valence-corrected chi connectivity index (χ3v) is 12.3. The first-order valence-electron chi connectivity index (χ1n) is 14.3. The maximum atomic E-state index is 12.2. The van der Waals surface area contributed by atoms with Gasteiger partial charge < -0.3 is 14.1 Å². The molecule has 0 rings (SSSR count). The van der Waals surface area contributed by atoms with Crippen LogP contribution in [0.4, 0.5) is 0 Å². The van der Waals surface area contributed by atoms with Gasteiger partial charge in [-0.25, -0.2) is 39.4 Å². The van der Waals surface area contributed by atoms with E-state index in [0.717, 1.165) is 25.8 Å². The summed E-state index contributed by atoms with van der Waals surface area (Å²) < 4.78 is 84.7. The van der Waals surface area contributed by atoms with Gasteiger partial charge in [0.2, 0.25) is 30.1 Å². The molecule has 0 saturated heterocycles. The average molecular weight is 769 g/mol. The highest BCUT2D eigenvalue weighted by molar-refractivity contribution is 8.09. The normalized spacial score (nSPS) is 12.8. The lowest BCUT2D eigenvalue weighted by Crippen LogP contribution is -2.53. The lowest BCUT2D eigenvalue weighted by atomic mass is 10.2. The monoisotopic (exact) mass is 768 g/mol. The summed E-state index contributed by atoms with van der Waals surface area (Å²) >= 11 is 0.674. The zero-order valence-electron chi connectivity index (χ0n) is 26.1. The van der Waals surface area contributed by atoms with Crippen LogP contribution in [0.25, 0.3) is 0 Å². The second-order valence-corrected chi connectivity index (χ2v) is 18.5. The Morgan fingerprint density at radius 2 is 1.02 bits per heavy atom. The highest BCUT2D eigenvalue weighted by Gasteiger charge is 2.27. The summed E-state index contributed by atoms with van der Waals surface area (Å²) in [7, 11) is -3.39. The molecule has 0 aromatic rings. The van der Waals surface area contributed by atoms with E-state index in [1.165, 1.54) is 0 Å². The molecule has 0 radical (unpaired) electrons. The van der Waals surface area contributed by atoms with Gasteiger partial charge in [0.05, 0.1) is 53.3 Å². The van der Waals surface area contributed by atoms with Crippen LogP contribution in [0.1, 0.15) is 89.5 Å². The first-order chi connectivity index (χ1) is 19.3. The van der Waals surface area contributed by atoms with Crippen molar-refractivity contribution in [3.8, 4) is 0 Å². The molecule has 0 aromatic carbocycles. The Morgan fingerprint density at radius 3 is 1.45 bits per heavy atom. The molecule has 294 valence electrons. The third kappa shape index (κ3) is 35.5. The summed E-state index contributed by atoms with van der Waals surface area (Å²) in [6.45, 7) is 7.37. The minimum Gasteiger partial charge on any atom is -0.382 e. The number of hydrogen-bond acceptors (Lipinski definition) is 11. The van der Waals surface area contributed by atoms with E-state index in [9.17, 15) is 30.4 Å². The molecule has 1 atom stereocenters. The van der Waals surface area contributed by atoms with Crippen molar-refractivity contribution in [1.82, 2.24) is 19.6 Å². The fraction of sp³-hybridized carbons (Fsp3) is 1.00. The van der Waals surface area contributed by atoms with Gasteiger partial charge in [-0.05, 0) is 12.8 Å². The standard InChI is InChI=1S/C23H56N6O9S4.5CH4/c1-7-9-14-25-40(31,32)21-39-38-37-24-13-11-17-28(3,4)19-23(30)20-29(5,6)18-12-16-27-42(35,36)22-41(33,34)26-15-10-8-2;;;;;/h23-27,30H,7-22H2,1-6H3;5*1H4/q+2;;;;;. The maximum absolute atomic E-state index is 12.2. The molecular weight excluding hydrogens is 693 g/mol. The summed E-state index contributed by atoms with van der Waals surface area (Å²) in [5.41, 5.74) is 2.63. The van der Waals surface area contributed by atoms with Crippen molar-refractivity contribution in [2.24, 2.45) is 0 Å². The van der Waals surface area contributed by atoms with Crippen LogP contribution in [-0.4, -0.2) is 136 Å². The molecule has 0 bridgehead atoms. The minimum absolute atomic E-state index is 0. The molecule has 1 unspecified atom stereocenters. The van der Waals surface area contributed by atoms with Gasteiger partial charge in [-0.15, -0.1) is 9.32 Å². The number of aliphatic hydroxyl groups is 1. The summed E-state index contributed by atoms with van der Waals surface area (Å²) in [5, 5.41) is 9.45. The first kappa shape index (κ1) is 59.0. The number of sulfonamides is 3. The van der Waals surface area contributed by atoms with Crippen molar-refractivity contribution in [1.29, 1.82) is 0 Å². The van der Waals surface area contributed by atoms with Gasteiger partial charge in [0.1, 0.15) is 18.2 Å². The van der Waals surface area contributed by atoms with E-state index in [1.807, 2.05) is 42.0 Å². The Hall–Kier alpha value is -0.160. The molecule has 0 spiro atoms. The Labute approximate surface area is 295 Å². The molecule has 0 heterocycles. The van der Waals surface area contributed by atoms with Crippen LogP contribution in [0, 0.1) is 0 Å². The summed E-state index contributed by atoms with van der Waals surface area (Å²) in [6, 6.07) is 0. The number of rotatable bonds is 28. The molecule has 0 amide bonds. The lowest BCUT2D eigenvalue weighted by Gasteiger charge is -2.36. The van der Waals surface area contributed by atoms with Gasteiger partial charge in [0, 0.05) is 39.0 Å². The van der Waals surface area contributed by atoms with E-state index in [2.05, 4.69) is 19.6 Å². The van der Waals surface area contributed by atoms with Crippen molar-refractivity contribution in [3.63, 3.8) is 0 Å². The Bertz CT molecular complexity index is 1050. The third-order valence-electron chi connectivity index (χ3n) is 6.07. The van der Waals surface area contributed by atoms with Crippen LogP contribution in [0.5, 0.6) is 0 Å². The van der Waals surface area contributed by atoms with Gasteiger partial charge in [-0.2, -0.15) is 5.48 Å². The van der Waals surface area contributed by atoms with E-state index < -0.39 is 41.3 Å². The maximum Gasteiger partial charge on any atom is 0.227 e. The SMILES string of the molecule is C.C.C.C.C.CCCCNS(=O)(=O)CSOONCCC[N+](C)(C)CC(O)C[N+](C)(C)CCCNS(=O)(=O)CS(=O)(=O)NCCCC. The first-order valence-corrected chi connectivity index (χ1v) is 20.1. The second kappa shape index (κ2) is 29.6. The van der Waals surface area contributed by atoms with Crippen LogP contribution >= 0.6 is 12.0 Å². The van der Waals surface area contributed by atoms with Crippen LogP contribution in [0.15, 0.2) is 0 Å². The number of unbranched alkanes of at least 4 members (excludes halogenated alkanes) is 2. The van der Waals surface area contributed by atoms with Crippen molar-refractivity contribution >= 4 is 42.1 Å². The van der Waals surface area contributed by atoms with Crippen LogP contribution < -0.4 is 19.6 Å². The van der Waals surface area contributed by atoms with Crippen molar-refractivity contribution in [2.45, 2.75) is 95.6 Å².